The van der Waals surface area contributed by atoms with Gasteiger partial charge in [0.05, 0.1) is 11.4 Å². The molecule has 5 heteroatoms. The van der Waals surface area contributed by atoms with Crippen molar-refractivity contribution in [2.24, 2.45) is 0 Å². The molecule has 4 nitrogen and oxygen atoms in total. The standard InChI is InChI=1S/C18H24N4S/c1-2-21-10-12-22(13-11-21)14-6-8-15(9-7-14)23-17-5-3-4-16(19)18(17)20/h3-9H,2,10-13,19-20H2,1H3. The van der Waals surface area contributed by atoms with Crippen LogP contribution in [-0.4, -0.2) is 37.6 Å². The summed E-state index contributed by atoms with van der Waals surface area (Å²) in [5.41, 5.74) is 14.5. The van der Waals surface area contributed by atoms with Gasteiger partial charge < -0.3 is 21.3 Å². The van der Waals surface area contributed by atoms with Crippen molar-refractivity contribution in [2.75, 3.05) is 49.1 Å². The van der Waals surface area contributed by atoms with E-state index in [2.05, 4.69) is 41.0 Å². The predicted octanol–water partition coefficient (Wildman–Crippen LogP) is 3.14. The van der Waals surface area contributed by atoms with Crippen LogP contribution in [0.5, 0.6) is 0 Å². The van der Waals surface area contributed by atoms with Crippen molar-refractivity contribution in [3.63, 3.8) is 0 Å². The summed E-state index contributed by atoms with van der Waals surface area (Å²) in [6, 6.07) is 14.5. The van der Waals surface area contributed by atoms with Crippen molar-refractivity contribution in [1.82, 2.24) is 4.90 Å². The van der Waals surface area contributed by atoms with Gasteiger partial charge in [-0.1, -0.05) is 24.8 Å². The molecule has 1 heterocycles. The van der Waals surface area contributed by atoms with Gasteiger partial charge in [-0.25, -0.2) is 0 Å². The molecule has 1 aliphatic heterocycles. The highest BCUT2D eigenvalue weighted by Gasteiger charge is 2.15. The summed E-state index contributed by atoms with van der Waals surface area (Å²) in [6.45, 7) is 7.86. The smallest absolute Gasteiger partial charge is 0.0689 e. The number of para-hydroxylation sites is 1. The second-order valence-electron chi connectivity index (χ2n) is 5.78. The maximum Gasteiger partial charge on any atom is 0.0689 e. The second-order valence-corrected chi connectivity index (χ2v) is 6.89. The van der Waals surface area contributed by atoms with Crippen LogP contribution < -0.4 is 16.4 Å². The molecule has 0 spiro atoms. The zero-order valence-corrected chi connectivity index (χ0v) is 14.4. The zero-order chi connectivity index (χ0) is 16.2. The largest absolute Gasteiger partial charge is 0.397 e. The third-order valence-electron chi connectivity index (χ3n) is 4.35. The molecular weight excluding hydrogens is 304 g/mol. The van der Waals surface area contributed by atoms with E-state index in [4.69, 9.17) is 11.5 Å². The van der Waals surface area contributed by atoms with Crippen molar-refractivity contribution >= 4 is 28.8 Å². The van der Waals surface area contributed by atoms with E-state index in [1.165, 1.54) is 10.6 Å². The Balaban J connectivity index is 1.67. The van der Waals surface area contributed by atoms with E-state index in [0.29, 0.717) is 11.4 Å². The third kappa shape index (κ3) is 3.74. The quantitative estimate of drug-likeness (QED) is 0.845. The Morgan fingerprint density at radius 2 is 1.65 bits per heavy atom. The summed E-state index contributed by atoms with van der Waals surface area (Å²) in [6.07, 6.45) is 0. The maximum atomic E-state index is 6.04. The van der Waals surface area contributed by atoms with Crippen LogP contribution in [0.25, 0.3) is 0 Å². The third-order valence-corrected chi connectivity index (χ3v) is 5.43. The molecule has 122 valence electrons. The first-order valence-corrected chi connectivity index (χ1v) is 8.88. The van der Waals surface area contributed by atoms with Crippen LogP contribution >= 0.6 is 11.8 Å². The van der Waals surface area contributed by atoms with Crippen molar-refractivity contribution in [3.8, 4) is 0 Å². The van der Waals surface area contributed by atoms with Gasteiger partial charge in [0.1, 0.15) is 0 Å². The van der Waals surface area contributed by atoms with Crippen LogP contribution in [0.2, 0.25) is 0 Å². The lowest BCUT2D eigenvalue weighted by Crippen LogP contribution is -2.46. The summed E-state index contributed by atoms with van der Waals surface area (Å²) in [5.74, 6) is 0. The van der Waals surface area contributed by atoms with Gasteiger partial charge in [0.2, 0.25) is 0 Å². The molecule has 23 heavy (non-hydrogen) atoms. The first kappa shape index (κ1) is 16.0. The fraction of sp³-hybridized carbons (Fsp3) is 0.333. The molecule has 2 aromatic rings. The van der Waals surface area contributed by atoms with Gasteiger partial charge >= 0.3 is 0 Å². The monoisotopic (exact) mass is 328 g/mol. The Bertz CT molecular complexity index is 649. The Morgan fingerprint density at radius 1 is 0.957 bits per heavy atom. The number of hydrogen-bond donors (Lipinski definition) is 2. The van der Waals surface area contributed by atoms with E-state index in [1.54, 1.807) is 11.8 Å². The maximum absolute atomic E-state index is 6.04. The highest BCUT2D eigenvalue weighted by atomic mass is 32.2. The first-order chi connectivity index (χ1) is 11.2. The van der Waals surface area contributed by atoms with E-state index in [-0.39, 0.29) is 0 Å². The van der Waals surface area contributed by atoms with Gasteiger partial charge in [-0.2, -0.15) is 0 Å². The number of hydrogen-bond acceptors (Lipinski definition) is 5. The highest BCUT2D eigenvalue weighted by molar-refractivity contribution is 7.99. The second kappa shape index (κ2) is 7.15. The van der Waals surface area contributed by atoms with Gasteiger partial charge in [-0.3, -0.25) is 0 Å². The Kier molecular flexibility index (Phi) is 4.98. The van der Waals surface area contributed by atoms with E-state index >= 15 is 0 Å². The summed E-state index contributed by atoms with van der Waals surface area (Å²) in [7, 11) is 0. The molecule has 1 fully saturated rings. The van der Waals surface area contributed by atoms with Crippen LogP contribution in [0.4, 0.5) is 17.1 Å². The SMILES string of the molecule is CCN1CCN(c2ccc(Sc3cccc(N)c3N)cc2)CC1. The lowest BCUT2D eigenvalue weighted by Gasteiger charge is -2.35. The number of nitrogen functional groups attached to an aromatic ring is 2. The average Bonchev–Trinajstić information content (AvgIpc) is 2.60. The van der Waals surface area contributed by atoms with E-state index in [9.17, 15) is 0 Å². The van der Waals surface area contributed by atoms with E-state index < -0.39 is 0 Å². The number of piperazine rings is 1. The molecule has 0 aliphatic carbocycles. The molecule has 0 atom stereocenters. The van der Waals surface area contributed by atoms with Gasteiger partial charge in [-0.05, 0) is 42.9 Å². The lowest BCUT2D eigenvalue weighted by molar-refractivity contribution is 0.271. The number of likely N-dealkylation sites (N-methyl/N-ethyl adjacent to an activating group) is 1. The Morgan fingerprint density at radius 3 is 2.30 bits per heavy atom. The minimum atomic E-state index is 0.639. The molecule has 0 aromatic heterocycles. The number of rotatable bonds is 4. The van der Waals surface area contributed by atoms with Crippen molar-refractivity contribution < 1.29 is 0 Å². The van der Waals surface area contributed by atoms with Crippen molar-refractivity contribution in [3.05, 3.63) is 42.5 Å². The van der Waals surface area contributed by atoms with Gasteiger partial charge in [-0.15, -0.1) is 0 Å². The van der Waals surface area contributed by atoms with Crippen LogP contribution in [-0.2, 0) is 0 Å². The van der Waals surface area contributed by atoms with Gasteiger partial charge in [0, 0.05) is 41.7 Å². The molecule has 2 aromatic carbocycles. The molecule has 1 aliphatic rings. The minimum absolute atomic E-state index is 0.639. The average molecular weight is 328 g/mol. The summed E-state index contributed by atoms with van der Waals surface area (Å²) >= 11 is 1.66. The molecule has 0 saturated carbocycles. The molecule has 0 bridgehead atoms. The van der Waals surface area contributed by atoms with Gasteiger partial charge in [0.15, 0.2) is 0 Å². The number of nitrogens with zero attached hydrogens (tertiary/aromatic N) is 2. The highest BCUT2D eigenvalue weighted by Crippen LogP contribution is 2.35. The first-order valence-electron chi connectivity index (χ1n) is 8.06. The fourth-order valence-corrected chi connectivity index (χ4v) is 3.72. The lowest BCUT2D eigenvalue weighted by atomic mass is 10.2. The van der Waals surface area contributed by atoms with E-state index in [1.807, 2.05) is 18.2 Å². The molecular formula is C18H24N4S. The van der Waals surface area contributed by atoms with Crippen molar-refractivity contribution in [1.29, 1.82) is 0 Å². The van der Waals surface area contributed by atoms with Gasteiger partial charge in [0.25, 0.3) is 0 Å². The summed E-state index contributed by atoms with van der Waals surface area (Å²) in [4.78, 5) is 7.13. The Hall–Kier alpha value is -1.85. The molecule has 0 amide bonds. The number of benzene rings is 2. The molecule has 4 N–H and O–H groups in total. The zero-order valence-electron chi connectivity index (χ0n) is 13.5. The van der Waals surface area contributed by atoms with E-state index in [0.717, 1.165) is 37.6 Å². The Labute approximate surface area is 142 Å². The molecule has 1 saturated heterocycles. The van der Waals surface area contributed by atoms with Crippen LogP contribution in [0.1, 0.15) is 6.92 Å². The normalized spacial score (nSPS) is 15.8. The minimum Gasteiger partial charge on any atom is -0.397 e. The predicted molar refractivity (Wildman–Crippen MR) is 100 cm³/mol. The fourth-order valence-electron chi connectivity index (χ4n) is 2.82. The summed E-state index contributed by atoms with van der Waals surface area (Å²) < 4.78 is 0. The number of nitrogens with two attached hydrogens (primary N) is 2. The van der Waals surface area contributed by atoms with Crippen LogP contribution in [0.15, 0.2) is 52.3 Å². The summed E-state index contributed by atoms with van der Waals surface area (Å²) in [5, 5.41) is 0. The molecule has 3 rings (SSSR count). The molecule has 0 unspecified atom stereocenters. The number of anilines is 3. The van der Waals surface area contributed by atoms with Crippen LogP contribution in [0, 0.1) is 0 Å². The topological polar surface area (TPSA) is 58.5 Å². The molecule has 0 radical (unpaired) electrons. The van der Waals surface area contributed by atoms with Crippen molar-refractivity contribution in [2.45, 2.75) is 16.7 Å². The van der Waals surface area contributed by atoms with Crippen LogP contribution in [0.3, 0.4) is 0 Å².